The number of halogens is 3. The summed E-state index contributed by atoms with van der Waals surface area (Å²) in [5.74, 6) is -2.36. The van der Waals surface area contributed by atoms with Crippen LogP contribution in [-0.2, 0) is 20.7 Å². The normalized spacial score (nSPS) is 14.2. The van der Waals surface area contributed by atoms with Gasteiger partial charge in [-0.3, -0.25) is 9.69 Å². The molecule has 1 aromatic carbocycles. The molecular formula is C31H43F3N6O5. The van der Waals surface area contributed by atoms with E-state index in [1.165, 1.54) is 13.8 Å². The van der Waals surface area contributed by atoms with Gasteiger partial charge in [0.2, 0.25) is 5.95 Å². The average molecular weight is 637 g/mol. The first-order valence-electron chi connectivity index (χ1n) is 15.1. The molecule has 248 valence electrons. The topological polar surface area (TPSA) is 117 Å². The maximum absolute atomic E-state index is 13.7. The van der Waals surface area contributed by atoms with E-state index in [1.54, 1.807) is 54.8 Å². The second-order valence-corrected chi connectivity index (χ2v) is 12.0. The van der Waals surface area contributed by atoms with E-state index in [2.05, 4.69) is 15.3 Å². The Morgan fingerprint density at radius 3 is 2.13 bits per heavy atom. The molecule has 1 atom stereocenters. The molecule has 1 fully saturated rings. The number of carbonyl (C=O) groups excluding carboxylic acids is 3. The number of hydrogen-bond acceptors (Lipinski definition) is 9. The van der Waals surface area contributed by atoms with Crippen LogP contribution in [0.4, 0.5) is 35.4 Å². The highest BCUT2D eigenvalue weighted by Crippen LogP contribution is 2.32. The Morgan fingerprint density at radius 2 is 1.62 bits per heavy atom. The fourth-order valence-electron chi connectivity index (χ4n) is 4.79. The standard InChI is InChI=1S/C31H43F3N6O5/c1-8-38(9-2)28-35-19-24(40(20(3)4)27(42)31(32,33)34)25(37-28)36-23(26(41)45-30(5,6)7)18-21-12-14-22(15-13-21)44-29(43)39-16-10-11-17-39/h12-15,19-20,23H,8-11,16-18H2,1-7H3,(H,35,36,37)/t23-/m0/s1. The second-order valence-electron chi connectivity index (χ2n) is 12.0. The summed E-state index contributed by atoms with van der Waals surface area (Å²) in [5, 5.41) is 2.98. The zero-order valence-electron chi connectivity index (χ0n) is 26.9. The fraction of sp³-hybridized carbons (Fsp3) is 0.581. The Balaban J connectivity index is 2.01. The van der Waals surface area contributed by atoms with Crippen molar-refractivity contribution in [2.24, 2.45) is 0 Å². The predicted molar refractivity (Wildman–Crippen MR) is 165 cm³/mol. The highest BCUT2D eigenvalue weighted by Gasteiger charge is 2.45. The van der Waals surface area contributed by atoms with Crippen LogP contribution in [0.3, 0.4) is 0 Å². The average Bonchev–Trinajstić information content (AvgIpc) is 3.49. The maximum Gasteiger partial charge on any atom is 0.471 e. The first-order valence-corrected chi connectivity index (χ1v) is 15.1. The molecule has 0 radical (unpaired) electrons. The van der Waals surface area contributed by atoms with E-state index in [0.29, 0.717) is 42.4 Å². The summed E-state index contributed by atoms with van der Waals surface area (Å²) < 4.78 is 52.2. The number of amides is 2. The Hall–Kier alpha value is -4.10. The van der Waals surface area contributed by atoms with Gasteiger partial charge in [0, 0.05) is 38.6 Å². The zero-order valence-corrected chi connectivity index (χ0v) is 26.9. The Kier molecular flexibility index (Phi) is 11.6. The van der Waals surface area contributed by atoms with E-state index in [9.17, 15) is 27.6 Å². The van der Waals surface area contributed by atoms with Crippen molar-refractivity contribution in [2.45, 2.75) is 91.6 Å². The third-order valence-electron chi connectivity index (χ3n) is 6.98. The van der Waals surface area contributed by atoms with E-state index >= 15 is 0 Å². The summed E-state index contributed by atoms with van der Waals surface area (Å²) in [6, 6.07) is 4.52. The molecule has 0 bridgehead atoms. The van der Waals surface area contributed by atoms with Gasteiger partial charge in [-0.25, -0.2) is 14.6 Å². The van der Waals surface area contributed by atoms with Crippen LogP contribution in [0.5, 0.6) is 5.75 Å². The molecule has 2 heterocycles. The van der Waals surface area contributed by atoms with Crippen molar-refractivity contribution in [3.63, 3.8) is 0 Å². The molecule has 14 heteroatoms. The minimum absolute atomic E-state index is 0.0359. The molecule has 0 saturated carbocycles. The molecule has 11 nitrogen and oxygen atoms in total. The third kappa shape index (κ3) is 9.69. The van der Waals surface area contributed by atoms with E-state index in [0.717, 1.165) is 19.0 Å². The van der Waals surface area contributed by atoms with E-state index in [1.807, 2.05) is 13.8 Å². The summed E-state index contributed by atoms with van der Waals surface area (Å²) in [7, 11) is 0. The van der Waals surface area contributed by atoms with Crippen LogP contribution in [0.1, 0.15) is 66.9 Å². The molecule has 1 saturated heterocycles. The molecule has 1 aromatic heterocycles. The van der Waals surface area contributed by atoms with Crippen LogP contribution in [0.25, 0.3) is 0 Å². The summed E-state index contributed by atoms with van der Waals surface area (Å²) in [4.78, 5) is 51.2. The molecule has 2 amide bonds. The lowest BCUT2D eigenvalue weighted by molar-refractivity contribution is -0.170. The number of benzene rings is 1. The number of ether oxygens (including phenoxy) is 2. The number of anilines is 3. The van der Waals surface area contributed by atoms with Crippen LogP contribution < -0.4 is 19.9 Å². The Labute approximate surface area is 262 Å². The van der Waals surface area contributed by atoms with Gasteiger partial charge in [0.15, 0.2) is 5.82 Å². The number of aromatic nitrogens is 2. The van der Waals surface area contributed by atoms with Gasteiger partial charge in [0.05, 0.1) is 6.20 Å². The Morgan fingerprint density at radius 1 is 1.02 bits per heavy atom. The molecule has 1 aliphatic heterocycles. The molecule has 1 N–H and O–H groups in total. The lowest BCUT2D eigenvalue weighted by Gasteiger charge is -2.31. The smallest absolute Gasteiger partial charge is 0.458 e. The minimum atomic E-state index is -5.16. The van der Waals surface area contributed by atoms with Crippen LogP contribution in [0.2, 0.25) is 0 Å². The van der Waals surface area contributed by atoms with E-state index in [-0.39, 0.29) is 23.9 Å². The second kappa shape index (κ2) is 14.8. The molecule has 0 aliphatic carbocycles. The van der Waals surface area contributed by atoms with Crippen LogP contribution in [-0.4, -0.2) is 82.9 Å². The number of hydrogen-bond donors (Lipinski definition) is 1. The van der Waals surface area contributed by atoms with Crippen molar-refractivity contribution >= 4 is 35.4 Å². The van der Waals surface area contributed by atoms with Gasteiger partial charge in [-0.1, -0.05) is 12.1 Å². The predicted octanol–water partition coefficient (Wildman–Crippen LogP) is 5.59. The molecule has 0 spiro atoms. The quantitative estimate of drug-likeness (QED) is 0.315. The highest BCUT2D eigenvalue weighted by molar-refractivity contribution is 6.00. The number of carbonyl (C=O) groups is 3. The number of rotatable bonds is 11. The number of likely N-dealkylation sites (tertiary alicyclic amines) is 1. The SMILES string of the molecule is CCN(CC)c1ncc(N(C(=O)C(F)(F)F)C(C)C)c(N[C@@H](Cc2ccc(OC(=O)N3CCCC3)cc2)C(=O)OC(C)(C)C)n1. The van der Waals surface area contributed by atoms with E-state index in [4.69, 9.17) is 9.47 Å². The molecule has 0 unspecified atom stereocenters. The summed E-state index contributed by atoms with van der Waals surface area (Å²) in [5.41, 5.74) is -0.464. The highest BCUT2D eigenvalue weighted by atomic mass is 19.4. The molecule has 2 aromatic rings. The summed E-state index contributed by atoms with van der Waals surface area (Å²) >= 11 is 0. The largest absolute Gasteiger partial charge is 0.471 e. The van der Waals surface area contributed by atoms with Gasteiger partial charge in [-0.15, -0.1) is 0 Å². The van der Waals surface area contributed by atoms with Crippen LogP contribution in [0.15, 0.2) is 30.5 Å². The van der Waals surface area contributed by atoms with Gasteiger partial charge in [0.1, 0.15) is 23.1 Å². The van der Waals surface area contributed by atoms with Gasteiger partial charge in [0.25, 0.3) is 0 Å². The number of nitrogens with one attached hydrogen (secondary N) is 1. The number of alkyl halides is 3. The zero-order chi connectivity index (χ0) is 33.5. The third-order valence-corrected chi connectivity index (χ3v) is 6.98. The molecule has 3 rings (SSSR count). The molecule has 1 aliphatic rings. The summed E-state index contributed by atoms with van der Waals surface area (Å²) in [6.07, 6.45) is -2.55. The van der Waals surface area contributed by atoms with Crippen molar-refractivity contribution in [3.05, 3.63) is 36.0 Å². The first-order chi connectivity index (χ1) is 21.0. The maximum atomic E-state index is 13.7. The number of esters is 1. The van der Waals surface area contributed by atoms with Crippen LogP contribution >= 0.6 is 0 Å². The van der Waals surface area contributed by atoms with Gasteiger partial charge in [-0.05, 0) is 79.0 Å². The monoisotopic (exact) mass is 636 g/mol. The van der Waals surface area contributed by atoms with Crippen LogP contribution in [0, 0.1) is 0 Å². The Bertz CT molecular complexity index is 1320. The van der Waals surface area contributed by atoms with Crippen molar-refractivity contribution < 1.29 is 37.0 Å². The van der Waals surface area contributed by atoms with Crippen molar-refractivity contribution in [2.75, 3.05) is 41.3 Å². The van der Waals surface area contributed by atoms with Gasteiger partial charge in [-0.2, -0.15) is 18.2 Å². The van der Waals surface area contributed by atoms with Crippen molar-refractivity contribution in [3.8, 4) is 5.75 Å². The summed E-state index contributed by atoms with van der Waals surface area (Å²) in [6.45, 7) is 14.0. The lowest BCUT2D eigenvalue weighted by atomic mass is 10.0. The first kappa shape index (κ1) is 35.4. The lowest BCUT2D eigenvalue weighted by Crippen LogP contribution is -2.46. The minimum Gasteiger partial charge on any atom is -0.458 e. The van der Waals surface area contributed by atoms with Crippen molar-refractivity contribution in [1.82, 2.24) is 14.9 Å². The fourth-order valence-corrected chi connectivity index (χ4v) is 4.79. The molecule has 45 heavy (non-hydrogen) atoms. The van der Waals surface area contributed by atoms with Crippen molar-refractivity contribution in [1.29, 1.82) is 0 Å². The molecular weight excluding hydrogens is 593 g/mol. The van der Waals surface area contributed by atoms with E-state index < -0.39 is 41.8 Å². The number of nitrogens with zero attached hydrogens (tertiary/aromatic N) is 5. The van der Waals surface area contributed by atoms with Gasteiger partial charge >= 0.3 is 24.1 Å². The van der Waals surface area contributed by atoms with Gasteiger partial charge < -0.3 is 24.6 Å².